The minimum absolute atomic E-state index is 0.113. The summed E-state index contributed by atoms with van der Waals surface area (Å²) in [6, 6.07) is 10.0. The molecule has 0 atom stereocenters. The maximum Gasteiger partial charge on any atom is 0.242 e. The maximum atomic E-state index is 12.3. The van der Waals surface area contributed by atoms with Crippen molar-refractivity contribution in [3.8, 4) is 5.69 Å². The van der Waals surface area contributed by atoms with Gasteiger partial charge in [-0.25, -0.2) is 4.68 Å². The van der Waals surface area contributed by atoms with E-state index in [2.05, 4.69) is 15.4 Å². The lowest BCUT2D eigenvalue weighted by Crippen LogP contribution is -2.45. The first-order valence-corrected chi connectivity index (χ1v) is 9.95. The predicted octanol–water partition coefficient (Wildman–Crippen LogP) is 2.18. The normalized spacial score (nSPS) is 11.4. The highest BCUT2D eigenvalue weighted by molar-refractivity contribution is 5.86. The molecule has 28 heavy (non-hydrogen) atoms. The second-order valence-electron chi connectivity index (χ2n) is 6.54. The van der Waals surface area contributed by atoms with Crippen molar-refractivity contribution in [1.29, 1.82) is 0 Å². The van der Waals surface area contributed by atoms with Crippen LogP contribution in [0.5, 0.6) is 0 Å². The topological polar surface area (TPSA) is 65.8 Å². The third-order valence-electron chi connectivity index (χ3n) is 4.50. The van der Waals surface area contributed by atoms with Gasteiger partial charge in [0.2, 0.25) is 5.91 Å². The van der Waals surface area contributed by atoms with Crippen LogP contribution >= 0.6 is 0 Å². The van der Waals surface area contributed by atoms with Crippen molar-refractivity contribution >= 4 is 11.9 Å². The number of benzene rings is 1. The maximum absolute atomic E-state index is 12.3. The summed E-state index contributed by atoms with van der Waals surface area (Å²) in [5.74, 6) is 0.862. The first-order valence-electron chi connectivity index (χ1n) is 9.95. The fourth-order valence-corrected chi connectivity index (χ4v) is 2.93. The van der Waals surface area contributed by atoms with E-state index < -0.39 is 0 Å². The first-order chi connectivity index (χ1) is 13.6. The molecule has 2 rings (SSSR count). The van der Waals surface area contributed by atoms with Crippen molar-refractivity contribution in [3.63, 3.8) is 0 Å². The van der Waals surface area contributed by atoms with Gasteiger partial charge in [0.05, 0.1) is 18.4 Å². The lowest BCUT2D eigenvalue weighted by atomic mass is 10.2. The molecule has 1 aromatic carbocycles. The summed E-state index contributed by atoms with van der Waals surface area (Å²) in [5.41, 5.74) is 2.17. The van der Waals surface area contributed by atoms with Gasteiger partial charge in [0.1, 0.15) is 0 Å². The lowest BCUT2D eigenvalue weighted by Gasteiger charge is -2.25. The number of hydrogen-bond acceptors (Lipinski definition) is 3. The molecule has 0 saturated carbocycles. The Kier molecular flexibility index (Phi) is 8.52. The van der Waals surface area contributed by atoms with Gasteiger partial charge in [0.15, 0.2) is 5.96 Å². The number of rotatable bonds is 9. The Morgan fingerprint density at radius 3 is 2.54 bits per heavy atom. The summed E-state index contributed by atoms with van der Waals surface area (Å²) in [6.45, 7) is 9.18. The van der Waals surface area contributed by atoms with Gasteiger partial charge in [0.25, 0.3) is 0 Å². The van der Waals surface area contributed by atoms with Crippen LogP contribution < -0.4 is 5.32 Å². The Bertz CT molecular complexity index is 751. The van der Waals surface area contributed by atoms with Crippen LogP contribution in [-0.4, -0.2) is 71.2 Å². The van der Waals surface area contributed by atoms with Crippen molar-refractivity contribution in [1.82, 2.24) is 24.9 Å². The van der Waals surface area contributed by atoms with E-state index in [1.54, 1.807) is 0 Å². The summed E-state index contributed by atoms with van der Waals surface area (Å²) < 4.78 is 1.87. The zero-order valence-corrected chi connectivity index (χ0v) is 17.4. The number of hydrogen-bond donors (Lipinski definition) is 1. The first kappa shape index (κ1) is 21.5. The number of amides is 1. The van der Waals surface area contributed by atoms with E-state index in [0.717, 1.165) is 43.3 Å². The summed E-state index contributed by atoms with van der Waals surface area (Å²) in [5, 5.41) is 7.69. The Balaban J connectivity index is 1.95. The van der Waals surface area contributed by atoms with Crippen LogP contribution in [0.3, 0.4) is 0 Å². The Hall–Kier alpha value is -2.83. The third-order valence-corrected chi connectivity index (χ3v) is 4.50. The van der Waals surface area contributed by atoms with Crippen molar-refractivity contribution in [2.45, 2.75) is 27.2 Å². The summed E-state index contributed by atoms with van der Waals surface area (Å²) in [6.07, 6.45) is 4.70. The Labute approximate surface area is 168 Å². The number of aliphatic imine (C=N–C) groups is 1. The number of carbonyl (C=O) groups is 1. The van der Waals surface area contributed by atoms with Gasteiger partial charge in [-0.15, -0.1) is 0 Å². The number of carbonyl (C=O) groups excluding carboxylic acids is 1. The quantitative estimate of drug-likeness (QED) is 0.532. The largest absolute Gasteiger partial charge is 0.357 e. The highest BCUT2D eigenvalue weighted by atomic mass is 16.2. The summed E-state index contributed by atoms with van der Waals surface area (Å²) in [7, 11) is 1.90. The van der Waals surface area contributed by atoms with E-state index >= 15 is 0 Å². The van der Waals surface area contributed by atoms with Gasteiger partial charge in [-0.3, -0.25) is 9.79 Å². The molecule has 0 bridgehead atoms. The van der Waals surface area contributed by atoms with Gasteiger partial charge in [-0.05, 0) is 44.9 Å². The molecule has 7 nitrogen and oxygen atoms in total. The highest BCUT2D eigenvalue weighted by Gasteiger charge is 2.14. The standard InChI is InChI=1S/C21H32N6O/c1-5-22-21(25(4)17-20(28)26(6-2)7-3)23-14-13-18-15-24-27(16-18)19-11-9-8-10-12-19/h8-12,15-16H,5-7,13-14,17H2,1-4H3,(H,22,23). The SMILES string of the molecule is CCNC(=NCCc1cnn(-c2ccccc2)c1)N(C)CC(=O)N(CC)CC. The molecule has 0 aliphatic carbocycles. The molecule has 1 amide bonds. The Morgan fingerprint density at radius 1 is 1.18 bits per heavy atom. The number of nitrogens with one attached hydrogen (secondary N) is 1. The zero-order valence-electron chi connectivity index (χ0n) is 17.4. The average Bonchev–Trinajstić information content (AvgIpc) is 3.18. The molecule has 0 unspecified atom stereocenters. The fourth-order valence-electron chi connectivity index (χ4n) is 2.93. The van der Waals surface area contributed by atoms with Crippen molar-refractivity contribution in [2.24, 2.45) is 4.99 Å². The number of likely N-dealkylation sites (N-methyl/N-ethyl adjacent to an activating group) is 2. The monoisotopic (exact) mass is 384 g/mol. The predicted molar refractivity (Wildman–Crippen MR) is 114 cm³/mol. The fraction of sp³-hybridized carbons (Fsp3) is 0.476. The third kappa shape index (κ3) is 6.11. The molecule has 0 fully saturated rings. The molecule has 2 aromatic rings. The zero-order chi connectivity index (χ0) is 20.4. The van der Waals surface area contributed by atoms with Crippen molar-refractivity contribution in [3.05, 3.63) is 48.3 Å². The van der Waals surface area contributed by atoms with Gasteiger partial charge in [-0.2, -0.15) is 5.10 Å². The molecule has 0 spiro atoms. The van der Waals surface area contributed by atoms with Crippen molar-refractivity contribution < 1.29 is 4.79 Å². The summed E-state index contributed by atoms with van der Waals surface area (Å²) >= 11 is 0. The highest BCUT2D eigenvalue weighted by Crippen LogP contribution is 2.08. The second kappa shape index (κ2) is 11.1. The van der Waals surface area contributed by atoms with Gasteiger partial charge in [0, 0.05) is 39.4 Å². The molecule has 1 heterocycles. The molecule has 0 radical (unpaired) electrons. The molecule has 1 N–H and O–H groups in total. The van der Waals surface area contributed by atoms with E-state index in [0.29, 0.717) is 13.1 Å². The second-order valence-corrected chi connectivity index (χ2v) is 6.54. The van der Waals surface area contributed by atoms with E-state index in [9.17, 15) is 4.79 Å². The molecule has 0 aliphatic rings. The number of para-hydroxylation sites is 1. The van der Waals surface area contributed by atoms with Crippen LogP contribution in [0.15, 0.2) is 47.7 Å². The number of aromatic nitrogens is 2. The Morgan fingerprint density at radius 2 is 1.89 bits per heavy atom. The van der Waals surface area contributed by atoms with Gasteiger partial charge >= 0.3 is 0 Å². The molecule has 1 aromatic heterocycles. The van der Waals surface area contributed by atoms with Crippen molar-refractivity contribution in [2.75, 3.05) is 39.8 Å². The molecule has 7 heteroatoms. The van der Waals surface area contributed by atoms with Crippen LogP contribution in [0.4, 0.5) is 0 Å². The smallest absolute Gasteiger partial charge is 0.242 e. The molecule has 0 aliphatic heterocycles. The van der Waals surface area contributed by atoms with Crippen LogP contribution in [-0.2, 0) is 11.2 Å². The minimum Gasteiger partial charge on any atom is -0.357 e. The van der Waals surface area contributed by atoms with Crippen LogP contribution in [0.1, 0.15) is 26.3 Å². The van der Waals surface area contributed by atoms with Crippen LogP contribution in [0.25, 0.3) is 5.69 Å². The van der Waals surface area contributed by atoms with Crippen LogP contribution in [0.2, 0.25) is 0 Å². The molecular weight excluding hydrogens is 352 g/mol. The van der Waals surface area contributed by atoms with E-state index in [4.69, 9.17) is 0 Å². The lowest BCUT2D eigenvalue weighted by molar-refractivity contribution is -0.131. The molecular formula is C21H32N6O. The minimum atomic E-state index is 0.113. The molecule has 0 saturated heterocycles. The van der Waals surface area contributed by atoms with Gasteiger partial charge in [-0.1, -0.05) is 18.2 Å². The number of guanidine groups is 1. The van der Waals surface area contributed by atoms with Crippen LogP contribution in [0, 0.1) is 0 Å². The molecule has 152 valence electrons. The number of nitrogens with zero attached hydrogens (tertiary/aromatic N) is 5. The summed E-state index contributed by atoms with van der Waals surface area (Å²) in [4.78, 5) is 20.7. The van der Waals surface area contributed by atoms with E-state index in [-0.39, 0.29) is 5.91 Å². The average molecular weight is 385 g/mol. The van der Waals surface area contributed by atoms with E-state index in [1.807, 2.05) is 85.0 Å². The van der Waals surface area contributed by atoms with E-state index in [1.165, 1.54) is 0 Å². The van der Waals surface area contributed by atoms with Gasteiger partial charge < -0.3 is 15.1 Å².